The van der Waals surface area contributed by atoms with E-state index in [9.17, 15) is 19.5 Å². The van der Waals surface area contributed by atoms with Gasteiger partial charge in [-0.1, -0.05) is 107 Å². The van der Waals surface area contributed by atoms with E-state index in [-0.39, 0.29) is 38.6 Å². The van der Waals surface area contributed by atoms with Crippen molar-refractivity contribution < 1.29 is 42.9 Å². The number of carboxylic acids is 1. The molecule has 0 fully saturated rings. The molecule has 288 valence electrons. The number of nitrogens with zero attached hydrogens (tertiary/aromatic N) is 1. The molecule has 0 radical (unpaired) electrons. The normalized spacial score (nSPS) is 13.5. The van der Waals surface area contributed by atoms with Gasteiger partial charge in [-0.15, -0.1) is 0 Å². The van der Waals surface area contributed by atoms with Gasteiger partial charge in [0.1, 0.15) is 13.2 Å². The summed E-state index contributed by atoms with van der Waals surface area (Å²) in [5.74, 6) is -2.33. The fraction of sp³-hybridized carbons (Fsp3) is 0.732. The second-order valence-corrected chi connectivity index (χ2v) is 13.8. The number of quaternary nitrogens is 1. The minimum absolute atomic E-state index is 0.141. The third kappa shape index (κ3) is 33.7. The van der Waals surface area contributed by atoms with Crippen LogP contribution in [0, 0.1) is 0 Å². The molecule has 0 aliphatic rings. The van der Waals surface area contributed by atoms with Crippen molar-refractivity contribution in [3.8, 4) is 0 Å². The summed E-state index contributed by atoms with van der Waals surface area (Å²) in [6, 6.07) is 0. The highest BCUT2D eigenvalue weighted by Gasteiger charge is 2.21. The van der Waals surface area contributed by atoms with Gasteiger partial charge in [-0.25, -0.2) is 0 Å². The number of hydrogen-bond acceptors (Lipinski definition) is 8. The van der Waals surface area contributed by atoms with E-state index in [2.05, 4.69) is 62.5 Å². The van der Waals surface area contributed by atoms with E-state index < -0.39 is 24.3 Å². The second kappa shape index (κ2) is 33.4. The Bertz CT molecular complexity index is 966. The number of carbonyl (C=O) groups is 3. The SMILES string of the molecule is CC/C=C\C/C=C\C/C=C\CCCCCCCC(=O)OC(COC(=O)CCCCCCC/C=C\CCC)COC(OCC[N+](C)(C)C)C(=O)[O-]. The summed E-state index contributed by atoms with van der Waals surface area (Å²) < 4.78 is 22.4. The summed E-state index contributed by atoms with van der Waals surface area (Å²) >= 11 is 0. The van der Waals surface area contributed by atoms with E-state index >= 15 is 0 Å². The molecule has 2 atom stereocenters. The predicted molar refractivity (Wildman–Crippen MR) is 200 cm³/mol. The van der Waals surface area contributed by atoms with E-state index in [0.717, 1.165) is 96.3 Å². The molecule has 0 aliphatic carbocycles. The number of hydrogen-bond donors (Lipinski definition) is 0. The van der Waals surface area contributed by atoms with E-state index in [0.29, 0.717) is 17.4 Å². The molecule has 0 N–H and O–H groups in total. The molecule has 0 aromatic heterocycles. The topological polar surface area (TPSA) is 111 Å². The number of esters is 2. The molecule has 50 heavy (non-hydrogen) atoms. The van der Waals surface area contributed by atoms with Crippen LogP contribution in [0.5, 0.6) is 0 Å². The Kier molecular flexibility index (Phi) is 31.6. The highest BCUT2D eigenvalue weighted by molar-refractivity contribution is 5.70. The van der Waals surface area contributed by atoms with Crippen LogP contribution in [-0.2, 0) is 33.3 Å². The number of allylic oxidation sites excluding steroid dienone is 8. The Labute approximate surface area is 304 Å². The number of unbranched alkanes of at least 4 members (excludes halogenated alkanes) is 11. The van der Waals surface area contributed by atoms with Crippen LogP contribution >= 0.6 is 0 Å². The maximum Gasteiger partial charge on any atom is 0.306 e. The molecular formula is C41H71NO8. The minimum Gasteiger partial charge on any atom is -0.545 e. The fourth-order valence-corrected chi connectivity index (χ4v) is 4.78. The van der Waals surface area contributed by atoms with Crippen molar-refractivity contribution >= 4 is 17.9 Å². The Morgan fingerprint density at radius 2 is 1.14 bits per heavy atom. The zero-order valence-corrected chi connectivity index (χ0v) is 32.3. The van der Waals surface area contributed by atoms with E-state index in [1.807, 2.05) is 21.1 Å². The van der Waals surface area contributed by atoms with Crippen molar-refractivity contribution in [3.05, 3.63) is 48.6 Å². The zero-order chi connectivity index (χ0) is 37.1. The van der Waals surface area contributed by atoms with Gasteiger partial charge in [0.15, 0.2) is 12.4 Å². The Morgan fingerprint density at radius 3 is 1.72 bits per heavy atom. The van der Waals surface area contributed by atoms with E-state index in [4.69, 9.17) is 18.9 Å². The van der Waals surface area contributed by atoms with E-state index in [1.54, 1.807) is 0 Å². The van der Waals surface area contributed by atoms with Gasteiger partial charge in [0.2, 0.25) is 0 Å². The lowest BCUT2D eigenvalue weighted by Gasteiger charge is -2.26. The third-order valence-corrected chi connectivity index (χ3v) is 7.79. The summed E-state index contributed by atoms with van der Waals surface area (Å²) in [5.41, 5.74) is 0. The molecule has 0 aromatic rings. The number of ether oxygens (including phenoxy) is 4. The van der Waals surface area contributed by atoms with Crippen LogP contribution in [0.2, 0.25) is 0 Å². The number of likely N-dealkylation sites (N-methyl/N-ethyl adjacent to an activating group) is 1. The lowest BCUT2D eigenvalue weighted by molar-refractivity contribution is -0.870. The number of aliphatic carboxylic acids is 1. The van der Waals surface area contributed by atoms with Gasteiger partial charge < -0.3 is 33.3 Å². The molecule has 0 heterocycles. The molecule has 0 saturated carbocycles. The van der Waals surface area contributed by atoms with Crippen LogP contribution in [0.1, 0.15) is 136 Å². The Balaban J connectivity index is 4.58. The minimum atomic E-state index is -1.63. The number of carbonyl (C=O) groups excluding carboxylic acids is 3. The van der Waals surface area contributed by atoms with Gasteiger partial charge in [-0.2, -0.15) is 0 Å². The molecule has 0 rings (SSSR count). The molecule has 2 unspecified atom stereocenters. The molecule has 0 aromatic carbocycles. The molecule has 0 amide bonds. The maximum atomic E-state index is 12.7. The van der Waals surface area contributed by atoms with Crippen LogP contribution in [0.15, 0.2) is 48.6 Å². The van der Waals surface area contributed by atoms with Gasteiger partial charge >= 0.3 is 11.9 Å². The zero-order valence-electron chi connectivity index (χ0n) is 32.3. The first-order valence-electron chi connectivity index (χ1n) is 19.3. The van der Waals surface area contributed by atoms with Crippen molar-refractivity contribution in [1.82, 2.24) is 0 Å². The Morgan fingerprint density at radius 1 is 0.620 bits per heavy atom. The first-order valence-corrected chi connectivity index (χ1v) is 19.3. The summed E-state index contributed by atoms with van der Waals surface area (Å²) in [5, 5.41) is 11.6. The number of rotatable bonds is 34. The maximum absolute atomic E-state index is 12.7. The van der Waals surface area contributed by atoms with Crippen molar-refractivity contribution in [2.24, 2.45) is 0 Å². The highest BCUT2D eigenvalue weighted by Crippen LogP contribution is 2.12. The van der Waals surface area contributed by atoms with Crippen molar-refractivity contribution in [1.29, 1.82) is 0 Å². The van der Waals surface area contributed by atoms with Crippen LogP contribution in [0.3, 0.4) is 0 Å². The largest absolute Gasteiger partial charge is 0.545 e. The molecular weight excluding hydrogens is 634 g/mol. The quantitative estimate of drug-likeness (QED) is 0.0218. The van der Waals surface area contributed by atoms with Crippen molar-refractivity contribution in [3.63, 3.8) is 0 Å². The summed E-state index contributed by atoms with van der Waals surface area (Å²) in [6.45, 7) is 4.50. The van der Waals surface area contributed by atoms with Crippen molar-refractivity contribution in [2.75, 3.05) is 47.5 Å². The average molecular weight is 706 g/mol. The fourth-order valence-electron chi connectivity index (χ4n) is 4.78. The van der Waals surface area contributed by atoms with Crippen molar-refractivity contribution in [2.45, 2.75) is 148 Å². The molecule has 0 aliphatic heterocycles. The lowest BCUT2D eigenvalue weighted by Crippen LogP contribution is -2.44. The monoisotopic (exact) mass is 706 g/mol. The summed E-state index contributed by atoms with van der Waals surface area (Å²) in [7, 11) is 5.88. The molecule has 9 heteroatoms. The first-order chi connectivity index (χ1) is 24.1. The van der Waals surface area contributed by atoms with Crippen LogP contribution in [-0.4, -0.2) is 82.3 Å². The van der Waals surface area contributed by atoms with Gasteiger partial charge in [-0.05, 0) is 64.2 Å². The molecule has 0 spiro atoms. The smallest absolute Gasteiger partial charge is 0.306 e. The van der Waals surface area contributed by atoms with Gasteiger partial charge in [0.25, 0.3) is 0 Å². The predicted octanol–water partition coefficient (Wildman–Crippen LogP) is 7.93. The molecule has 0 saturated heterocycles. The first kappa shape index (κ1) is 47.2. The second-order valence-electron chi connectivity index (χ2n) is 13.8. The van der Waals surface area contributed by atoms with Crippen LogP contribution in [0.25, 0.3) is 0 Å². The van der Waals surface area contributed by atoms with Gasteiger partial charge in [-0.3, -0.25) is 9.59 Å². The standard InChI is InChI=1S/C41H71NO8/c1-6-8-10-12-14-16-18-19-20-21-22-24-26-28-30-32-39(44)50-37(36-49-41(40(45)46)47-34-33-42(3,4)5)35-48-38(43)31-29-27-25-23-17-15-13-11-9-7-2/h8,10-11,13-14,16,19-20,37,41H,6-7,9,12,15,17-18,21-36H2,1-5H3/b10-8-,13-11-,16-14-,20-19-. The van der Waals surface area contributed by atoms with E-state index in [1.165, 1.54) is 6.42 Å². The van der Waals surface area contributed by atoms with Crippen LogP contribution < -0.4 is 5.11 Å². The third-order valence-electron chi connectivity index (χ3n) is 7.79. The Hall–Kier alpha value is -2.75. The summed E-state index contributed by atoms with van der Waals surface area (Å²) in [4.78, 5) is 36.7. The van der Waals surface area contributed by atoms with Gasteiger partial charge in [0, 0.05) is 12.8 Å². The average Bonchev–Trinajstić information content (AvgIpc) is 3.06. The molecule has 9 nitrogen and oxygen atoms in total. The molecule has 0 bridgehead atoms. The highest BCUT2D eigenvalue weighted by atomic mass is 16.7. The lowest BCUT2D eigenvalue weighted by atomic mass is 10.1. The number of carboxylic acid groups (broad SMARTS) is 1. The van der Waals surface area contributed by atoms with Crippen LogP contribution in [0.4, 0.5) is 0 Å². The summed E-state index contributed by atoms with van der Waals surface area (Å²) in [6.07, 6.45) is 32.9. The van der Waals surface area contributed by atoms with Gasteiger partial charge in [0.05, 0.1) is 40.3 Å².